The maximum Gasteiger partial charge on any atom is 0.321 e. The van der Waals surface area contributed by atoms with Crippen LogP contribution < -0.4 is 0 Å². The quantitative estimate of drug-likeness (QED) is 0.401. The van der Waals surface area contributed by atoms with Gasteiger partial charge in [0.2, 0.25) is 0 Å². The van der Waals surface area contributed by atoms with Crippen LogP contribution in [-0.2, 0) is 0 Å². The molecule has 0 radical (unpaired) electrons. The summed E-state index contributed by atoms with van der Waals surface area (Å²) in [5.74, 6) is 0. The van der Waals surface area contributed by atoms with Crippen LogP contribution in [0.25, 0.3) is 0 Å². The summed E-state index contributed by atoms with van der Waals surface area (Å²) >= 11 is 4.52. The highest BCUT2D eigenvalue weighted by atomic mass is 35.5. The minimum atomic E-state index is -2.94. The molecule has 0 aromatic carbocycles. The maximum absolute atomic E-state index is 11.5. The molecule has 0 fully saturated rings. The monoisotopic (exact) mass is 144 g/mol. The second-order valence-corrected chi connectivity index (χ2v) is 2.92. The molecule has 0 N–H and O–H groups in total. The molecular weight excluding hydrogens is 138 g/mol. The first-order chi connectivity index (χ1) is 3.06. The lowest BCUT2D eigenvalue weighted by Crippen LogP contribution is -2.03. The first kappa shape index (κ1) is 7.37. The average Bonchev–Trinajstić information content (AvgIpc) is 1.30. The van der Waals surface area contributed by atoms with E-state index in [1.54, 1.807) is 0 Å². The number of alkyl halides is 3. The van der Waals surface area contributed by atoms with E-state index in [4.69, 9.17) is 0 Å². The van der Waals surface area contributed by atoms with Crippen molar-refractivity contribution in [1.29, 1.82) is 0 Å². The Bertz CT molecular complexity index is 51.4. The van der Waals surface area contributed by atoms with Crippen LogP contribution in [0.1, 0.15) is 6.42 Å². The van der Waals surface area contributed by atoms with E-state index in [2.05, 4.69) is 11.6 Å². The normalized spacial score (nSPS) is 12.4. The summed E-state index contributed by atoms with van der Waals surface area (Å²) in [6.45, 7) is 0. The molecule has 0 amide bonds. The van der Waals surface area contributed by atoms with Crippen molar-refractivity contribution in [2.24, 2.45) is 0 Å². The van der Waals surface area contributed by atoms with E-state index < -0.39 is 5.38 Å². The molecule has 0 aliphatic rings. The van der Waals surface area contributed by atoms with Crippen LogP contribution in [0.4, 0.5) is 8.78 Å². The predicted octanol–water partition coefficient (Wildman–Crippen LogP) is 0.992. The summed E-state index contributed by atoms with van der Waals surface area (Å²) in [7, 11) is 0.805. The van der Waals surface area contributed by atoms with Crippen molar-refractivity contribution in [3.8, 4) is 0 Å². The van der Waals surface area contributed by atoms with Gasteiger partial charge in [-0.1, -0.05) is 6.04 Å². The molecule has 0 unspecified atom stereocenters. The number of rotatable bonds is 2. The SMILES string of the molecule is FC(F)(Cl)CC[SiH3]. The molecule has 0 spiro atoms. The molecule has 0 aliphatic carbocycles. The third-order valence-electron chi connectivity index (χ3n) is 0.533. The van der Waals surface area contributed by atoms with Crippen molar-refractivity contribution in [1.82, 2.24) is 0 Å². The van der Waals surface area contributed by atoms with Crippen LogP contribution in [0.15, 0.2) is 0 Å². The van der Waals surface area contributed by atoms with Gasteiger partial charge in [-0.15, -0.1) is 0 Å². The first-order valence-corrected chi connectivity index (χ1v) is 3.92. The van der Waals surface area contributed by atoms with Crippen molar-refractivity contribution in [2.45, 2.75) is 17.8 Å². The standard InChI is InChI=1S/C3H7ClF2Si/c4-3(5,6)1-2-7/h1-2H2,7H3. The zero-order valence-electron chi connectivity index (χ0n) is 4.05. The Morgan fingerprint density at radius 2 is 2.00 bits per heavy atom. The molecule has 0 atom stereocenters. The van der Waals surface area contributed by atoms with E-state index in [0.29, 0.717) is 6.04 Å². The Morgan fingerprint density at radius 3 is 2.00 bits per heavy atom. The average molecular weight is 145 g/mol. The topological polar surface area (TPSA) is 0 Å². The number of halogens is 3. The molecule has 44 valence electrons. The Labute approximate surface area is 49.3 Å². The van der Waals surface area contributed by atoms with E-state index >= 15 is 0 Å². The Kier molecular flexibility index (Phi) is 2.76. The lowest BCUT2D eigenvalue weighted by molar-refractivity contribution is 0.0923. The fourth-order valence-corrected chi connectivity index (χ4v) is 1.42. The van der Waals surface area contributed by atoms with Crippen LogP contribution in [0, 0.1) is 0 Å². The van der Waals surface area contributed by atoms with Gasteiger partial charge in [0.25, 0.3) is 0 Å². The molecule has 4 heteroatoms. The van der Waals surface area contributed by atoms with Gasteiger partial charge >= 0.3 is 5.38 Å². The lowest BCUT2D eigenvalue weighted by atomic mass is 10.5. The Morgan fingerprint density at radius 1 is 1.57 bits per heavy atom. The van der Waals surface area contributed by atoms with E-state index in [1.165, 1.54) is 0 Å². The summed E-state index contributed by atoms with van der Waals surface area (Å²) in [5, 5.41) is -2.94. The highest BCUT2D eigenvalue weighted by Gasteiger charge is 2.21. The number of hydrogen-bond acceptors (Lipinski definition) is 0. The van der Waals surface area contributed by atoms with Gasteiger partial charge in [0.1, 0.15) is 0 Å². The van der Waals surface area contributed by atoms with Crippen LogP contribution >= 0.6 is 11.6 Å². The van der Waals surface area contributed by atoms with Gasteiger partial charge in [-0.3, -0.25) is 0 Å². The van der Waals surface area contributed by atoms with Crippen molar-refractivity contribution < 1.29 is 8.78 Å². The van der Waals surface area contributed by atoms with Crippen LogP contribution in [0.3, 0.4) is 0 Å². The van der Waals surface area contributed by atoms with Crippen molar-refractivity contribution in [2.75, 3.05) is 0 Å². The van der Waals surface area contributed by atoms with Gasteiger partial charge in [-0.25, -0.2) is 0 Å². The molecule has 0 heterocycles. The molecule has 0 bridgehead atoms. The smallest absolute Gasteiger partial charge is 0.188 e. The molecule has 0 aliphatic heterocycles. The van der Waals surface area contributed by atoms with Crippen LogP contribution in [0.2, 0.25) is 6.04 Å². The summed E-state index contributed by atoms with van der Waals surface area (Å²) in [5.41, 5.74) is 0. The summed E-state index contributed by atoms with van der Waals surface area (Å²) < 4.78 is 23.0. The fraction of sp³-hybridized carbons (Fsp3) is 1.00. The zero-order valence-corrected chi connectivity index (χ0v) is 6.80. The Balaban J connectivity index is 3.15. The Hall–Kier alpha value is 0.367. The minimum absolute atomic E-state index is 0.166. The molecule has 7 heavy (non-hydrogen) atoms. The van der Waals surface area contributed by atoms with Crippen LogP contribution in [-0.4, -0.2) is 15.6 Å². The zero-order chi connectivity index (χ0) is 5.91. The molecular formula is C3H7ClF2Si. The molecule has 0 aromatic rings. The summed E-state index contributed by atoms with van der Waals surface area (Å²) in [6, 6.07) is 0.566. The summed E-state index contributed by atoms with van der Waals surface area (Å²) in [6.07, 6.45) is -0.166. The van der Waals surface area contributed by atoms with E-state index in [-0.39, 0.29) is 6.42 Å². The van der Waals surface area contributed by atoms with Crippen molar-refractivity contribution in [3.05, 3.63) is 0 Å². The van der Waals surface area contributed by atoms with Gasteiger partial charge in [-0.2, -0.15) is 8.78 Å². The molecule has 0 rings (SSSR count). The second kappa shape index (κ2) is 2.62. The third-order valence-corrected chi connectivity index (χ3v) is 1.22. The van der Waals surface area contributed by atoms with E-state index in [0.717, 1.165) is 10.2 Å². The third kappa shape index (κ3) is 6.37. The van der Waals surface area contributed by atoms with E-state index in [9.17, 15) is 8.78 Å². The number of hydrogen-bond donors (Lipinski definition) is 0. The molecule has 0 nitrogen and oxygen atoms in total. The molecule has 0 saturated heterocycles. The lowest BCUT2D eigenvalue weighted by Gasteiger charge is -2.02. The molecule has 0 aromatic heterocycles. The van der Waals surface area contributed by atoms with Crippen molar-refractivity contribution in [3.63, 3.8) is 0 Å². The predicted molar refractivity (Wildman–Crippen MR) is 30.2 cm³/mol. The summed E-state index contributed by atoms with van der Waals surface area (Å²) in [4.78, 5) is 0. The maximum atomic E-state index is 11.5. The van der Waals surface area contributed by atoms with Gasteiger partial charge in [0, 0.05) is 16.7 Å². The minimum Gasteiger partial charge on any atom is -0.188 e. The van der Waals surface area contributed by atoms with Gasteiger partial charge < -0.3 is 0 Å². The van der Waals surface area contributed by atoms with Gasteiger partial charge in [0.05, 0.1) is 0 Å². The van der Waals surface area contributed by atoms with Gasteiger partial charge in [0.15, 0.2) is 0 Å². The van der Waals surface area contributed by atoms with Crippen molar-refractivity contribution >= 4 is 21.8 Å². The van der Waals surface area contributed by atoms with Gasteiger partial charge in [-0.05, 0) is 11.6 Å². The fourth-order valence-electron chi connectivity index (χ4n) is 0.283. The molecule has 0 saturated carbocycles. The van der Waals surface area contributed by atoms with E-state index in [1.807, 2.05) is 0 Å². The largest absolute Gasteiger partial charge is 0.321 e. The highest BCUT2D eigenvalue weighted by Crippen LogP contribution is 2.23. The second-order valence-electron chi connectivity index (χ2n) is 1.37. The first-order valence-electron chi connectivity index (χ1n) is 2.13. The highest BCUT2D eigenvalue weighted by molar-refractivity contribution is 6.22. The van der Waals surface area contributed by atoms with Crippen LogP contribution in [0.5, 0.6) is 0 Å².